The predicted octanol–water partition coefficient (Wildman–Crippen LogP) is 0.801. The van der Waals surface area contributed by atoms with Crippen LogP contribution >= 0.6 is 0 Å². The average molecular weight is 285 g/mol. The zero-order valence-corrected chi connectivity index (χ0v) is 13.5. The summed E-state index contributed by atoms with van der Waals surface area (Å²) in [5.41, 5.74) is 0. The maximum Gasteiger partial charge on any atom is 0.224 e. The molecule has 0 aromatic heterocycles. The Kier molecular flexibility index (Phi) is 8.11. The van der Waals surface area contributed by atoms with Crippen molar-refractivity contribution in [2.24, 2.45) is 5.92 Å². The molecule has 118 valence electrons. The van der Waals surface area contributed by atoms with E-state index < -0.39 is 0 Å². The van der Waals surface area contributed by atoms with E-state index >= 15 is 0 Å². The van der Waals surface area contributed by atoms with Gasteiger partial charge < -0.3 is 15.0 Å². The molecule has 5 heteroatoms. The molecule has 1 fully saturated rings. The molecule has 5 nitrogen and oxygen atoms in total. The van der Waals surface area contributed by atoms with E-state index in [1.54, 1.807) is 4.90 Å². The first kappa shape index (κ1) is 17.4. The highest BCUT2D eigenvalue weighted by molar-refractivity contribution is 5.77. The number of rotatable bonds is 8. The van der Waals surface area contributed by atoms with Crippen LogP contribution in [0.1, 0.15) is 27.2 Å². The quantitative estimate of drug-likeness (QED) is 0.670. The molecule has 0 radical (unpaired) electrons. The number of carbonyl (C=O) groups is 1. The summed E-state index contributed by atoms with van der Waals surface area (Å²) in [6.45, 7) is 12.6. The zero-order valence-electron chi connectivity index (χ0n) is 13.5. The van der Waals surface area contributed by atoms with Crippen LogP contribution in [-0.4, -0.2) is 74.7 Å². The van der Waals surface area contributed by atoms with Gasteiger partial charge in [-0.05, 0) is 13.0 Å². The number of nitrogens with zero attached hydrogens (tertiary/aromatic N) is 2. The van der Waals surface area contributed by atoms with Gasteiger partial charge in [0.2, 0.25) is 5.91 Å². The third-order valence-corrected chi connectivity index (χ3v) is 3.60. The molecule has 0 aliphatic carbocycles. The second kappa shape index (κ2) is 9.32. The molecule has 0 bridgehead atoms. The molecule has 20 heavy (non-hydrogen) atoms. The number of likely N-dealkylation sites (N-methyl/N-ethyl adjacent to an activating group) is 1. The van der Waals surface area contributed by atoms with Gasteiger partial charge in [0.1, 0.15) is 0 Å². The van der Waals surface area contributed by atoms with E-state index in [1.165, 1.54) is 6.42 Å². The first-order chi connectivity index (χ1) is 9.54. The van der Waals surface area contributed by atoms with Crippen LogP contribution in [0.5, 0.6) is 0 Å². The van der Waals surface area contributed by atoms with Crippen molar-refractivity contribution in [3.05, 3.63) is 0 Å². The second-order valence-corrected chi connectivity index (χ2v) is 5.92. The van der Waals surface area contributed by atoms with Gasteiger partial charge >= 0.3 is 0 Å². The summed E-state index contributed by atoms with van der Waals surface area (Å²) in [5, 5.41) is 3.42. The predicted molar refractivity (Wildman–Crippen MR) is 81.8 cm³/mol. The third-order valence-electron chi connectivity index (χ3n) is 3.60. The number of carbonyl (C=O) groups excluding carboxylic acids is 1. The molecule has 1 aliphatic rings. The van der Waals surface area contributed by atoms with Crippen LogP contribution in [0.15, 0.2) is 0 Å². The van der Waals surface area contributed by atoms with Crippen LogP contribution in [0, 0.1) is 5.92 Å². The van der Waals surface area contributed by atoms with Gasteiger partial charge in [-0.1, -0.05) is 20.8 Å². The highest BCUT2D eigenvalue weighted by Crippen LogP contribution is 2.08. The van der Waals surface area contributed by atoms with Gasteiger partial charge in [-0.2, -0.15) is 0 Å². The standard InChI is InChI=1S/C15H31N3O2/c1-5-6-16-7-8-18-9-10-20-14(12-18)11-17(4)15(19)13(2)3/h13-14,16H,5-12H2,1-4H3. The third kappa shape index (κ3) is 6.20. The monoisotopic (exact) mass is 285 g/mol. The molecule has 0 saturated carbocycles. The lowest BCUT2D eigenvalue weighted by Gasteiger charge is -2.35. The maximum atomic E-state index is 11.9. The number of ether oxygens (including phenoxy) is 1. The fraction of sp³-hybridized carbons (Fsp3) is 0.933. The van der Waals surface area contributed by atoms with Crippen molar-refractivity contribution in [2.45, 2.75) is 33.3 Å². The van der Waals surface area contributed by atoms with Gasteiger partial charge in [0, 0.05) is 45.7 Å². The summed E-state index contributed by atoms with van der Waals surface area (Å²) < 4.78 is 5.78. The minimum absolute atomic E-state index is 0.0536. The first-order valence-corrected chi connectivity index (χ1v) is 7.84. The molecular weight excluding hydrogens is 254 g/mol. The van der Waals surface area contributed by atoms with Crippen LogP contribution in [0.4, 0.5) is 0 Å². The summed E-state index contributed by atoms with van der Waals surface area (Å²) in [4.78, 5) is 16.1. The number of hydrogen-bond acceptors (Lipinski definition) is 4. The summed E-state index contributed by atoms with van der Waals surface area (Å²) >= 11 is 0. The molecular formula is C15H31N3O2. The fourth-order valence-electron chi connectivity index (χ4n) is 2.47. The van der Waals surface area contributed by atoms with Crippen molar-refractivity contribution in [1.82, 2.24) is 15.1 Å². The number of morpholine rings is 1. The van der Waals surface area contributed by atoms with Crippen molar-refractivity contribution in [1.29, 1.82) is 0 Å². The minimum atomic E-state index is 0.0536. The normalized spacial score (nSPS) is 20.4. The Bertz CT molecular complexity index is 284. The van der Waals surface area contributed by atoms with E-state index in [9.17, 15) is 4.79 Å². The molecule has 0 aromatic carbocycles. The lowest BCUT2D eigenvalue weighted by Crippen LogP contribution is -2.49. The molecule has 1 rings (SSSR count). The van der Waals surface area contributed by atoms with E-state index in [4.69, 9.17) is 4.74 Å². The molecule has 0 aromatic rings. The van der Waals surface area contributed by atoms with Crippen molar-refractivity contribution in [3.63, 3.8) is 0 Å². The Labute approximate surface area is 123 Å². The highest BCUT2D eigenvalue weighted by Gasteiger charge is 2.23. The van der Waals surface area contributed by atoms with Crippen LogP contribution in [-0.2, 0) is 9.53 Å². The average Bonchev–Trinajstić information content (AvgIpc) is 2.43. The molecule has 1 heterocycles. The lowest BCUT2D eigenvalue weighted by molar-refractivity contribution is -0.136. The van der Waals surface area contributed by atoms with Gasteiger partial charge in [-0.25, -0.2) is 0 Å². The van der Waals surface area contributed by atoms with E-state index in [2.05, 4.69) is 17.1 Å². The van der Waals surface area contributed by atoms with Gasteiger partial charge in [-0.3, -0.25) is 9.69 Å². The van der Waals surface area contributed by atoms with E-state index in [0.29, 0.717) is 6.54 Å². The number of hydrogen-bond donors (Lipinski definition) is 1. The van der Waals surface area contributed by atoms with Crippen molar-refractivity contribution in [2.75, 3.05) is 52.9 Å². The summed E-state index contributed by atoms with van der Waals surface area (Å²) in [5.74, 6) is 0.244. The molecule has 1 amide bonds. The Morgan fingerprint density at radius 2 is 2.20 bits per heavy atom. The Morgan fingerprint density at radius 3 is 2.85 bits per heavy atom. The fourth-order valence-corrected chi connectivity index (χ4v) is 2.47. The van der Waals surface area contributed by atoms with Gasteiger partial charge in [0.05, 0.1) is 12.7 Å². The van der Waals surface area contributed by atoms with Gasteiger partial charge in [-0.15, -0.1) is 0 Å². The van der Waals surface area contributed by atoms with Crippen molar-refractivity contribution < 1.29 is 9.53 Å². The number of amides is 1. The smallest absolute Gasteiger partial charge is 0.224 e. The Balaban J connectivity index is 2.28. The SMILES string of the molecule is CCCNCCN1CCOC(CN(C)C(=O)C(C)C)C1. The molecule has 1 atom stereocenters. The Hall–Kier alpha value is -0.650. The maximum absolute atomic E-state index is 11.9. The van der Waals surface area contributed by atoms with Gasteiger partial charge in [0.15, 0.2) is 0 Å². The van der Waals surface area contributed by atoms with Crippen LogP contribution in [0.2, 0.25) is 0 Å². The van der Waals surface area contributed by atoms with Crippen LogP contribution < -0.4 is 5.32 Å². The van der Waals surface area contributed by atoms with E-state index in [-0.39, 0.29) is 17.9 Å². The number of nitrogens with one attached hydrogen (secondary N) is 1. The second-order valence-electron chi connectivity index (χ2n) is 5.92. The van der Waals surface area contributed by atoms with Crippen molar-refractivity contribution in [3.8, 4) is 0 Å². The van der Waals surface area contributed by atoms with Gasteiger partial charge in [0.25, 0.3) is 0 Å². The zero-order chi connectivity index (χ0) is 15.0. The summed E-state index contributed by atoms with van der Waals surface area (Å²) in [7, 11) is 1.87. The first-order valence-electron chi connectivity index (χ1n) is 7.84. The summed E-state index contributed by atoms with van der Waals surface area (Å²) in [6, 6.07) is 0. The van der Waals surface area contributed by atoms with E-state index in [0.717, 1.165) is 39.3 Å². The molecule has 1 N–H and O–H groups in total. The Morgan fingerprint density at radius 1 is 1.45 bits per heavy atom. The lowest BCUT2D eigenvalue weighted by atomic mass is 10.2. The van der Waals surface area contributed by atoms with Crippen LogP contribution in [0.25, 0.3) is 0 Å². The topological polar surface area (TPSA) is 44.8 Å². The van der Waals surface area contributed by atoms with E-state index in [1.807, 2.05) is 20.9 Å². The van der Waals surface area contributed by atoms with Crippen molar-refractivity contribution >= 4 is 5.91 Å². The summed E-state index contributed by atoms with van der Waals surface area (Å²) in [6.07, 6.45) is 1.32. The molecule has 1 unspecified atom stereocenters. The molecule has 1 aliphatic heterocycles. The minimum Gasteiger partial charge on any atom is -0.374 e. The largest absolute Gasteiger partial charge is 0.374 e. The van der Waals surface area contributed by atoms with Crippen LogP contribution in [0.3, 0.4) is 0 Å². The molecule has 0 spiro atoms. The highest BCUT2D eigenvalue weighted by atomic mass is 16.5. The molecule has 1 saturated heterocycles.